The van der Waals surface area contributed by atoms with Crippen LogP contribution in [0.1, 0.15) is 24.1 Å². The first kappa shape index (κ1) is 20.3. The summed E-state index contributed by atoms with van der Waals surface area (Å²) in [6.07, 6.45) is 6.17. The van der Waals surface area contributed by atoms with Crippen LogP contribution in [0.25, 0.3) is 11.0 Å². The van der Waals surface area contributed by atoms with Gasteiger partial charge in [-0.1, -0.05) is 6.07 Å². The van der Waals surface area contributed by atoms with Gasteiger partial charge in [0.2, 0.25) is 0 Å². The fraction of sp³-hybridized carbons (Fsp3) is 0.444. The van der Waals surface area contributed by atoms with Crippen molar-refractivity contribution in [3.05, 3.63) is 42.1 Å². The Kier molecular flexibility index (Phi) is 6.04. The summed E-state index contributed by atoms with van der Waals surface area (Å²) < 4.78 is 29.0. The molecule has 0 bridgehead atoms. The summed E-state index contributed by atoms with van der Waals surface area (Å²) in [5, 5.41) is 11.0. The van der Waals surface area contributed by atoms with E-state index in [0.29, 0.717) is 18.7 Å². The highest BCUT2D eigenvalue weighted by atomic mass is 35.5. The maximum absolute atomic E-state index is 14.5. The fourth-order valence-electron chi connectivity index (χ4n) is 3.35. The SMILES string of the molecule is Cc1ccc(C(F)(F)CN2CCC(Nc3ncnc4[nH]ncc34)CC2)nc1.Cl. The molecule has 0 aliphatic carbocycles. The Labute approximate surface area is 167 Å². The maximum Gasteiger partial charge on any atom is 0.302 e. The average molecular weight is 410 g/mol. The summed E-state index contributed by atoms with van der Waals surface area (Å²) in [5.74, 6) is -2.23. The molecule has 1 aliphatic rings. The van der Waals surface area contributed by atoms with E-state index in [9.17, 15) is 8.78 Å². The number of hydrogen-bond donors (Lipinski definition) is 2. The van der Waals surface area contributed by atoms with E-state index in [4.69, 9.17) is 0 Å². The highest BCUT2D eigenvalue weighted by Crippen LogP contribution is 2.29. The molecule has 0 aromatic carbocycles. The van der Waals surface area contributed by atoms with Crippen LogP contribution < -0.4 is 5.32 Å². The van der Waals surface area contributed by atoms with Gasteiger partial charge in [-0.3, -0.25) is 15.0 Å². The number of aryl methyl sites for hydroxylation is 1. The normalized spacial score (nSPS) is 16.1. The molecule has 7 nitrogen and oxygen atoms in total. The van der Waals surface area contributed by atoms with Gasteiger partial charge in [0.15, 0.2) is 5.65 Å². The van der Waals surface area contributed by atoms with Gasteiger partial charge in [-0.15, -0.1) is 12.4 Å². The van der Waals surface area contributed by atoms with Crippen molar-refractivity contribution in [2.24, 2.45) is 0 Å². The zero-order valence-electron chi connectivity index (χ0n) is 15.4. The van der Waals surface area contributed by atoms with Crippen LogP contribution in [0, 0.1) is 6.92 Å². The lowest BCUT2D eigenvalue weighted by atomic mass is 10.0. The number of aromatic nitrogens is 5. The second-order valence-electron chi connectivity index (χ2n) is 6.97. The van der Waals surface area contributed by atoms with E-state index in [1.165, 1.54) is 18.6 Å². The minimum absolute atomic E-state index is 0. The number of piperidine rings is 1. The van der Waals surface area contributed by atoms with E-state index in [1.807, 2.05) is 6.92 Å². The highest BCUT2D eigenvalue weighted by molar-refractivity contribution is 5.85. The van der Waals surface area contributed by atoms with Crippen LogP contribution in [0.2, 0.25) is 0 Å². The number of pyridine rings is 1. The van der Waals surface area contributed by atoms with Gasteiger partial charge < -0.3 is 5.32 Å². The van der Waals surface area contributed by atoms with E-state index >= 15 is 0 Å². The Morgan fingerprint density at radius 2 is 1.96 bits per heavy atom. The van der Waals surface area contributed by atoms with Crippen LogP contribution in [0.4, 0.5) is 14.6 Å². The summed E-state index contributed by atoms with van der Waals surface area (Å²) in [6.45, 7) is 2.72. The fourth-order valence-corrected chi connectivity index (χ4v) is 3.35. The second kappa shape index (κ2) is 8.32. The zero-order chi connectivity index (χ0) is 18.9. The molecule has 28 heavy (non-hydrogen) atoms. The van der Waals surface area contributed by atoms with Crippen molar-refractivity contribution in [1.82, 2.24) is 30.0 Å². The van der Waals surface area contributed by atoms with Gasteiger partial charge in [0, 0.05) is 25.3 Å². The minimum atomic E-state index is -2.95. The van der Waals surface area contributed by atoms with Crippen molar-refractivity contribution in [1.29, 1.82) is 0 Å². The number of halogens is 3. The van der Waals surface area contributed by atoms with E-state index < -0.39 is 5.92 Å². The van der Waals surface area contributed by atoms with E-state index in [-0.39, 0.29) is 30.7 Å². The molecular weight excluding hydrogens is 388 g/mol. The summed E-state index contributed by atoms with van der Waals surface area (Å²) in [4.78, 5) is 14.1. The van der Waals surface area contributed by atoms with Crippen LogP contribution >= 0.6 is 12.4 Å². The first-order valence-electron chi connectivity index (χ1n) is 8.95. The Morgan fingerprint density at radius 3 is 2.68 bits per heavy atom. The van der Waals surface area contributed by atoms with Crippen LogP contribution in [0.15, 0.2) is 30.9 Å². The lowest BCUT2D eigenvalue weighted by Crippen LogP contribution is -2.44. The van der Waals surface area contributed by atoms with Gasteiger partial charge >= 0.3 is 5.92 Å². The summed E-state index contributed by atoms with van der Waals surface area (Å²) in [5.41, 5.74) is 1.38. The maximum atomic E-state index is 14.5. The third kappa shape index (κ3) is 4.36. The molecule has 1 fully saturated rings. The predicted molar refractivity (Wildman–Crippen MR) is 105 cm³/mol. The average Bonchev–Trinajstić information content (AvgIpc) is 3.13. The van der Waals surface area contributed by atoms with Crippen molar-refractivity contribution in [3.8, 4) is 0 Å². The molecule has 0 atom stereocenters. The Balaban J connectivity index is 0.00000225. The lowest BCUT2D eigenvalue weighted by molar-refractivity contribution is -0.0457. The summed E-state index contributed by atoms with van der Waals surface area (Å²) in [7, 11) is 0. The molecule has 1 aliphatic heterocycles. The standard InChI is InChI=1S/C18H21F2N7.ClH/c1-12-2-3-15(21-8-12)18(19,20)10-27-6-4-13(5-7-27)25-16-14-9-24-26-17(14)23-11-22-16;/h2-3,8-9,11,13H,4-7,10H2,1H3,(H2,22,23,24,25,26);1H. The molecule has 0 saturated carbocycles. The first-order chi connectivity index (χ1) is 13.0. The number of aromatic amines is 1. The number of hydrogen-bond acceptors (Lipinski definition) is 6. The van der Waals surface area contributed by atoms with Gasteiger partial charge in [-0.05, 0) is 31.4 Å². The van der Waals surface area contributed by atoms with Gasteiger partial charge in [0.25, 0.3) is 0 Å². The number of nitrogens with one attached hydrogen (secondary N) is 2. The highest BCUT2D eigenvalue weighted by Gasteiger charge is 2.36. The molecule has 3 aromatic rings. The molecule has 0 radical (unpaired) electrons. The van der Waals surface area contributed by atoms with Gasteiger partial charge in [-0.2, -0.15) is 13.9 Å². The molecule has 0 spiro atoms. The quantitative estimate of drug-likeness (QED) is 0.673. The molecule has 2 N–H and O–H groups in total. The van der Waals surface area contributed by atoms with Gasteiger partial charge in [-0.25, -0.2) is 9.97 Å². The molecule has 1 saturated heterocycles. The van der Waals surface area contributed by atoms with Crippen molar-refractivity contribution < 1.29 is 8.78 Å². The number of anilines is 1. The monoisotopic (exact) mass is 409 g/mol. The van der Waals surface area contributed by atoms with Gasteiger partial charge in [0.05, 0.1) is 18.1 Å². The summed E-state index contributed by atoms with van der Waals surface area (Å²) >= 11 is 0. The molecule has 0 amide bonds. The molecule has 150 valence electrons. The number of likely N-dealkylation sites (tertiary alicyclic amines) is 1. The van der Waals surface area contributed by atoms with Gasteiger partial charge in [0.1, 0.15) is 17.8 Å². The zero-order valence-corrected chi connectivity index (χ0v) is 16.2. The first-order valence-corrected chi connectivity index (χ1v) is 8.95. The van der Waals surface area contributed by atoms with Crippen LogP contribution in [-0.2, 0) is 5.92 Å². The number of H-pyrrole nitrogens is 1. The van der Waals surface area contributed by atoms with E-state index in [1.54, 1.807) is 17.2 Å². The smallest absolute Gasteiger partial charge is 0.302 e. The molecule has 4 heterocycles. The van der Waals surface area contributed by atoms with E-state index in [2.05, 4.69) is 30.5 Å². The number of rotatable bonds is 5. The lowest BCUT2D eigenvalue weighted by Gasteiger charge is -2.34. The number of fused-ring (bicyclic) bond motifs is 1. The van der Waals surface area contributed by atoms with Crippen LogP contribution in [0.3, 0.4) is 0 Å². The minimum Gasteiger partial charge on any atom is -0.367 e. The predicted octanol–water partition coefficient (Wildman–Crippen LogP) is 3.15. The van der Waals surface area contributed by atoms with E-state index in [0.717, 1.165) is 29.6 Å². The topological polar surface area (TPSA) is 82.6 Å². The van der Waals surface area contributed by atoms with Crippen molar-refractivity contribution in [2.45, 2.75) is 31.7 Å². The molecule has 10 heteroatoms. The Morgan fingerprint density at radius 1 is 1.18 bits per heavy atom. The third-order valence-corrected chi connectivity index (χ3v) is 4.88. The third-order valence-electron chi connectivity index (χ3n) is 4.88. The Bertz CT molecular complexity index is 908. The number of nitrogens with zero attached hydrogens (tertiary/aromatic N) is 5. The molecule has 4 rings (SSSR count). The Hall–Kier alpha value is -2.39. The van der Waals surface area contributed by atoms with Crippen LogP contribution in [0.5, 0.6) is 0 Å². The van der Waals surface area contributed by atoms with Crippen molar-refractivity contribution in [2.75, 3.05) is 25.0 Å². The largest absolute Gasteiger partial charge is 0.367 e. The molecular formula is C18H22ClF2N7. The summed E-state index contributed by atoms with van der Waals surface area (Å²) in [6, 6.07) is 3.26. The second-order valence-corrected chi connectivity index (χ2v) is 6.97. The molecule has 0 unspecified atom stereocenters. The van der Waals surface area contributed by atoms with Crippen LogP contribution in [-0.4, -0.2) is 55.7 Å². The van der Waals surface area contributed by atoms with Crippen molar-refractivity contribution >= 4 is 29.3 Å². The van der Waals surface area contributed by atoms with Crippen molar-refractivity contribution in [3.63, 3.8) is 0 Å². The number of alkyl halides is 2. The molecule has 3 aromatic heterocycles.